The highest BCUT2D eigenvalue weighted by Gasteiger charge is 2.52. The molecule has 1 aromatic carbocycles. The molecular weight excluding hydrogens is 277 g/mol. The number of nitrogens with one attached hydrogen (secondary N) is 1. The average Bonchev–Trinajstić information content (AvgIpc) is 3.21. The Labute approximate surface area is 119 Å². The molecule has 0 aromatic heterocycles. The van der Waals surface area contributed by atoms with E-state index >= 15 is 0 Å². The van der Waals surface area contributed by atoms with Gasteiger partial charge in [-0.1, -0.05) is 12.1 Å². The van der Waals surface area contributed by atoms with Crippen molar-refractivity contribution in [2.24, 2.45) is 5.10 Å². The number of fused-ring (bicyclic) bond motifs is 3. The highest BCUT2D eigenvalue weighted by atomic mass is 19.1. The summed E-state index contributed by atoms with van der Waals surface area (Å²) >= 11 is 0. The number of ether oxygens (including phenoxy) is 1. The predicted molar refractivity (Wildman–Crippen MR) is 69.6 cm³/mol. The van der Waals surface area contributed by atoms with Gasteiger partial charge < -0.3 is 4.74 Å². The second kappa shape index (κ2) is 4.36. The van der Waals surface area contributed by atoms with Crippen LogP contribution in [0.5, 0.6) is 0 Å². The van der Waals surface area contributed by atoms with Crippen molar-refractivity contribution in [3.05, 3.63) is 35.1 Å². The number of rotatable bonds is 1. The van der Waals surface area contributed by atoms with Crippen LogP contribution in [-0.2, 0) is 14.3 Å². The number of piperidine rings is 1. The van der Waals surface area contributed by atoms with E-state index in [4.69, 9.17) is 4.74 Å². The van der Waals surface area contributed by atoms with E-state index in [1.54, 1.807) is 12.1 Å². The van der Waals surface area contributed by atoms with E-state index in [1.807, 2.05) is 0 Å². The van der Waals surface area contributed by atoms with Crippen LogP contribution in [0, 0.1) is 5.82 Å². The van der Waals surface area contributed by atoms with Gasteiger partial charge in [-0.15, -0.1) is 0 Å². The maximum Gasteiger partial charge on any atom is 0.251 e. The predicted octanol–water partition coefficient (Wildman–Crippen LogP) is 0.678. The van der Waals surface area contributed by atoms with Gasteiger partial charge in [0.1, 0.15) is 18.0 Å². The molecule has 3 aliphatic rings. The van der Waals surface area contributed by atoms with E-state index in [0.29, 0.717) is 17.5 Å². The zero-order valence-electron chi connectivity index (χ0n) is 11.0. The number of amides is 2. The number of hydrogen-bond donors (Lipinski definition) is 1. The molecule has 1 aromatic rings. The molecule has 1 N–H and O–H groups in total. The molecule has 0 radical (unpaired) electrons. The second-order valence-electron chi connectivity index (χ2n) is 5.28. The molecule has 21 heavy (non-hydrogen) atoms. The highest BCUT2D eigenvalue weighted by molar-refractivity contribution is 6.00. The summed E-state index contributed by atoms with van der Waals surface area (Å²) in [4.78, 5) is 23.2. The highest BCUT2D eigenvalue weighted by Crippen LogP contribution is 2.46. The van der Waals surface area contributed by atoms with E-state index < -0.39 is 18.4 Å². The lowest BCUT2D eigenvalue weighted by Crippen LogP contribution is -2.51. The van der Waals surface area contributed by atoms with Gasteiger partial charge in [0.15, 0.2) is 6.23 Å². The monoisotopic (exact) mass is 289 g/mol. The largest absolute Gasteiger partial charge is 0.341 e. The Morgan fingerprint density at radius 2 is 2.24 bits per heavy atom. The summed E-state index contributed by atoms with van der Waals surface area (Å²) in [6, 6.07) is 4.19. The Morgan fingerprint density at radius 3 is 3.05 bits per heavy atom. The third-order valence-corrected chi connectivity index (χ3v) is 3.96. The quantitative estimate of drug-likeness (QED) is 0.609. The molecule has 6 nitrogen and oxygen atoms in total. The number of nitrogens with zero attached hydrogens (tertiary/aromatic N) is 2. The van der Waals surface area contributed by atoms with Crippen LogP contribution in [0.4, 0.5) is 4.39 Å². The topological polar surface area (TPSA) is 74.3 Å². The van der Waals surface area contributed by atoms with Gasteiger partial charge in [-0.2, -0.15) is 5.10 Å². The first kappa shape index (κ1) is 12.5. The maximum atomic E-state index is 13.9. The minimum Gasteiger partial charge on any atom is -0.341 e. The molecule has 0 bridgehead atoms. The molecule has 7 heteroatoms. The summed E-state index contributed by atoms with van der Waals surface area (Å²) in [6.07, 6.45) is 1.31. The van der Waals surface area contributed by atoms with Gasteiger partial charge in [-0.05, 0) is 12.5 Å². The number of hydrazone groups is 1. The maximum absolute atomic E-state index is 13.9. The number of halogens is 1. The van der Waals surface area contributed by atoms with Gasteiger partial charge in [0.2, 0.25) is 5.91 Å². The van der Waals surface area contributed by atoms with E-state index in [2.05, 4.69) is 10.4 Å². The van der Waals surface area contributed by atoms with Crippen LogP contribution in [-0.4, -0.2) is 35.3 Å². The first-order chi connectivity index (χ1) is 10.1. The molecule has 2 amide bonds. The van der Waals surface area contributed by atoms with Gasteiger partial charge in [-0.3, -0.25) is 19.9 Å². The summed E-state index contributed by atoms with van der Waals surface area (Å²) in [5.74, 6) is -1.00. The molecule has 4 rings (SSSR count). The fourth-order valence-corrected chi connectivity index (χ4v) is 2.87. The number of benzene rings is 1. The summed E-state index contributed by atoms with van der Waals surface area (Å²) in [7, 11) is 0. The second-order valence-corrected chi connectivity index (χ2v) is 5.28. The van der Waals surface area contributed by atoms with Gasteiger partial charge in [-0.25, -0.2) is 4.39 Å². The number of imide groups is 1. The third-order valence-electron chi connectivity index (χ3n) is 3.96. The van der Waals surface area contributed by atoms with Crippen LogP contribution in [0.25, 0.3) is 0 Å². The van der Waals surface area contributed by atoms with E-state index in [0.717, 1.165) is 0 Å². The Bertz CT molecular complexity index is 675. The van der Waals surface area contributed by atoms with Crippen molar-refractivity contribution in [2.45, 2.75) is 31.2 Å². The Kier molecular flexibility index (Phi) is 2.58. The third kappa shape index (κ3) is 1.92. The smallest absolute Gasteiger partial charge is 0.251 e. The van der Waals surface area contributed by atoms with Crippen molar-refractivity contribution in [1.82, 2.24) is 10.3 Å². The minimum absolute atomic E-state index is 0.265. The molecule has 3 aliphatic heterocycles. The van der Waals surface area contributed by atoms with E-state index in [1.165, 1.54) is 17.3 Å². The van der Waals surface area contributed by atoms with Crippen molar-refractivity contribution in [2.75, 3.05) is 0 Å². The Morgan fingerprint density at radius 1 is 1.38 bits per heavy atom. The summed E-state index contributed by atoms with van der Waals surface area (Å²) in [5, 5.41) is 8.10. The number of carbonyl (C=O) groups is 2. The summed E-state index contributed by atoms with van der Waals surface area (Å²) in [5.41, 5.74) is 1.12. The molecule has 0 spiro atoms. The lowest BCUT2D eigenvalue weighted by molar-refractivity contribution is -0.138. The molecule has 3 heterocycles. The first-order valence-electron chi connectivity index (χ1n) is 6.75. The van der Waals surface area contributed by atoms with Crippen molar-refractivity contribution < 1.29 is 18.7 Å². The van der Waals surface area contributed by atoms with Crippen LogP contribution in [0.2, 0.25) is 0 Å². The fourth-order valence-electron chi connectivity index (χ4n) is 2.87. The van der Waals surface area contributed by atoms with Crippen molar-refractivity contribution >= 4 is 18.0 Å². The van der Waals surface area contributed by atoms with Crippen LogP contribution in [0.15, 0.2) is 23.3 Å². The van der Waals surface area contributed by atoms with Crippen molar-refractivity contribution in [3.63, 3.8) is 0 Å². The van der Waals surface area contributed by atoms with Crippen LogP contribution in [0.3, 0.4) is 0 Å². The van der Waals surface area contributed by atoms with Crippen molar-refractivity contribution in [3.8, 4) is 0 Å². The van der Waals surface area contributed by atoms with Crippen LogP contribution >= 0.6 is 0 Å². The molecule has 108 valence electrons. The Balaban J connectivity index is 1.66. The van der Waals surface area contributed by atoms with Crippen LogP contribution < -0.4 is 5.32 Å². The Hall–Kier alpha value is -2.28. The lowest BCUT2D eigenvalue weighted by Gasteiger charge is -2.28. The molecule has 3 unspecified atom stereocenters. The molecule has 3 atom stereocenters. The number of carbonyl (C=O) groups excluding carboxylic acids is 2. The van der Waals surface area contributed by atoms with Gasteiger partial charge in [0.05, 0.1) is 6.21 Å². The van der Waals surface area contributed by atoms with E-state index in [9.17, 15) is 14.0 Å². The van der Waals surface area contributed by atoms with Gasteiger partial charge in [0.25, 0.3) is 5.91 Å². The zero-order valence-corrected chi connectivity index (χ0v) is 11.0. The van der Waals surface area contributed by atoms with Gasteiger partial charge >= 0.3 is 0 Å². The number of epoxide rings is 1. The molecular formula is C14H12FN3O3. The zero-order chi connectivity index (χ0) is 14.6. The summed E-state index contributed by atoms with van der Waals surface area (Å²) in [6.45, 7) is 0. The fraction of sp³-hybridized carbons (Fsp3) is 0.357. The first-order valence-corrected chi connectivity index (χ1v) is 6.75. The van der Waals surface area contributed by atoms with Gasteiger partial charge in [0, 0.05) is 17.5 Å². The average molecular weight is 289 g/mol. The van der Waals surface area contributed by atoms with Crippen LogP contribution in [0.1, 0.15) is 30.1 Å². The number of hydrogen-bond acceptors (Lipinski definition) is 5. The lowest BCUT2D eigenvalue weighted by atomic mass is 10.0. The molecule has 2 saturated heterocycles. The summed E-state index contributed by atoms with van der Waals surface area (Å²) < 4.78 is 19.5. The SMILES string of the molecule is O=C1CCC(N2N=Cc3cccc(F)c3C3OC32)C(=O)N1. The molecule has 2 fully saturated rings. The standard InChI is InChI=1S/C14H12FN3O3/c15-8-3-1-2-7-6-16-18(14-12(21-14)11(7)8)9-4-5-10(19)17-13(9)20/h1-3,6,9,12,14H,4-5H2,(H,17,19,20). The normalized spacial score (nSPS) is 30.3. The molecule has 0 saturated carbocycles. The van der Waals surface area contributed by atoms with Crippen molar-refractivity contribution in [1.29, 1.82) is 0 Å². The minimum atomic E-state index is -0.564. The van der Waals surface area contributed by atoms with E-state index in [-0.39, 0.29) is 24.1 Å². The molecule has 0 aliphatic carbocycles.